The smallest absolute Gasteiger partial charge is 0.0973 e. The minimum atomic E-state index is 0.826. The van der Waals surface area contributed by atoms with E-state index in [-0.39, 0.29) is 0 Å². The van der Waals surface area contributed by atoms with Crippen LogP contribution in [0.3, 0.4) is 0 Å². The first kappa shape index (κ1) is 26.2. The number of fused-ring (bicyclic) bond motifs is 5. The molecule has 0 aliphatic heterocycles. The van der Waals surface area contributed by atoms with Gasteiger partial charge in [-0.2, -0.15) is 0 Å². The van der Waals surface area contributed by atoms with E-state index in [0.717, 1.165) is 77.9 Å². The van der Waals surface area contributed by atoms with Crippen LogP contribution >= 0.6 is 0 Å². The fraction of sp³-hybridized carbons (Fsp3) is 0. The normalized spacial score (nSPS) is 11.5. The van der Waals surface area contributed by atoms with Crippen LogP contribution in [0.25, 0.3) is 88.6 Å². The second-order valence-electron chi connectivity index (χ2n) is 11.5. The molecule has 3 aromatic heterocycles. The Hall–Kier alpha value is -6.26. The molecule has 9 rings (SSSR count). The highest BCUT2D eigenvalue weighted by atomic mass is 14.8. The maximum atomic E-state index is 5.20. The Bertz CT molecular complexity index is 2580. The highest BCUT2D eigenvalue weighted by Crippen LogP contribution is 2.34. The van der Waals surface area contributed by atoms with Gasteiger partial charge in [-0.15, -0.1) is 0 Å². The van der Waals surface area contributed by atoms with Gasteiger partial charge in [0.25, 0.3) is 0 Å². The zero-order valence-electron chi connectivity index (χ0n) is 24.8. The van der Waals surface area contributed by atoms with E-state index in [1.165, 1.54) is 10.8 Å². The Morgan fingerprint density at radius 2 is 0.761 bits per heavy atom. The Balaban J connectivity index is 1.18. The average Bonchev–Trinajstić information content (AvgIpc) is 3.14. The van der Waals surface area contributed by atoms with Crippen molar-refractivity contribution < 1.29 is 0 Å². The molecule has 0 aliphatic rings. The molecule has 214 valence electrons. The van der Waals surface area contributed by atoms with Gasteiger partial charge in [0, 0.05) is 33.0 Å². The first-order valence-electron chi connectivity index (χ1n) is 15.4. The second-order valence-corrected chi connectivity index (χ2v) is 11.5. The monoisotopic (exact) mass is 586 g/mol. The highest BCUT2D eigenvalue weighted by Gasteiger charge is 2.15. The summed E-state index contributed by atoms with van der Waals surface area (Å²) < 4.78 is 0. The number of rotatable bonds is 4. The summed E-state index contributed by atoms with van der Waals surface area (Å²) in [5.74, 6) is 0. The molecule has 9 aromatic rings. The standard InChI is InChI=1S/C42H26N4/c1-3-10-28(11-4-1)39-40(29-12-5-2-6-13-29)46-38-26-34(21-24-37(38)45-39)36-23-20-31-17-16-30-19-22-35(43-41(30)42(31)44-36)33-18-15-27-9-7-8-14-32(27)25-33/h1-26H. The number of nitrogens with zero attached hydrogens (tertiary/aromatic N) is 4. The molecular formula is C42H26N4. The van der Waals surface area contributed by atoms with Crippen molar-refractivity contribution in [2.75, 3.05) is 0 Å². The number of hydrogen-bond donors (Lipinski definition) is 0. The molecule has 3 heterocycles. The molecule has 0 N–H and O–H groups in total. The van der Waals surface area contributed by atoms with Crippen LogP contribution in [0, 0.1) is 0 Å². The van der Waals surface area contributed by atoms with Gasteiger partial charge in [0.05, 0.1) is 44.8 Å². The molecule has 4 nitrogen and oxygen atoms in total. The maximum Gasteiger partial charge on any atom is 0.0973 e. The van der Waals surface area contributed by atoms with Gasteiger partial charge in [0.1, 0.15) is 0 Å². The molecule has 0 saturated carbocycles. The van der Waals surface area contributed by atoms with Gasteiger partial charge in [-0.1, -0.05) is 127 Å². The van der Waals surface area contributed by atoms with Crippen molar-refractivity contribution >= 4 is 43.6 Å². The molecule has 0 radical (unpaired) electrons. The first-order valence-corrected chi connectivity index (χ1v) is 15.4. The van der Waals surface area contributed by atoms with Crippen molar-refractivity contribution in [3.05, 3.63) is 158 Å². The Morgan fingerprint density at radius 3 is 1.39 bits per heavy atom. The molecule has 0 atom stereocenters. The predicted molar refractivity (Wildman–Crippen MR) is 189 cm³/mol. The van der Waals surface area contributed by atoms with Crippen molar-refractivity contribution in [1.29, 1.82) is 0 Å². The van der Waals surface area contributed by atoms with E-state index >= 15 is 0 Å². The third-order valence-electron chi connectivity index (χ3n) is 8.62. The van der Waals surface area contributed by atoms with Crippen LogP contribution in [0.5, 0.6) is 0 Å². The van der Waals surface area contributed by atoms with E-state index in [2.05, 4.69) is 115 Å². The molecule has 6 aromatic carbocycles. The van der Waals surface area contributed by atoms with Gasteiger partial charge < -0.3 is 0 Å². The lowest BCUT2D eigenvalue weighted by molar-refractivity contribution is 1.29. The zero-order valence-corrected chi connectivity index (χ0v) is 24.8. The van der Waals surface area contributed by atoms with Crippen LogP contribution in [-0.2, 0) is 0 Å². The molecular weight excluding hydrogens is 560 g/mol. The summed E-state index contributed by atoms with van der Waals surface area (Å²) in [5, 5.41) is 4.54. The summed E-state index contributed by atoms with van der Waals surface area (Å²) in [7, 11) is 0. The first-order chi connectivity index (χ1) is 22.8. The van der Waals surface area contributed by atoms with E-state index in [1.807, 2.05) is 42.5 Å². The van der Waals surface area contributed by atoms with Crippen LogP contribution in [0.1, 0.15) is 0 Å². The van der Waals surface area contributed by atoms with E-state index in [1.54, 1.807) is 0 Å². The van der Waals surface area contributed by atoms with Crippen LogP contribution in [0.2, 0.25) is 0 Å². The fourth-order valence-corrected chi connectivity index (χ4v) is 6.25. The summed E-state index contributed by atoms with van der Waals surface area (Å²) in [6.07, 6.45) is 0. The van der Waals surface area contributed by atoms with E-state index in [0.29, 0.717) is 0 Å². The topological polar surface area (TPSA) is 51.6 Å². The molecule has 0 aliphatic carbocycles. The summed E-state index contributed by atoms with van der Waals surface area (Å²) in [4.78, 5) is 20.7. The number of benzene rings is 6. The summed E-state index contributed by atoms with van der Waals surface area (Å²) in [5.41, 5.74) is 11.1. The summed E-state index contributed by atoms with van der Waals surface area (Å²) in [6, 6.07) is 54.3. The molecule has 0 saturated heterocycles. The quantitative estimate of drug-likeness (QED) is 0.193. The zero-order chi connectivity index (χ0) is 30.5. The summed E-state index contributed by atoms with van der Waals surface area (Å²) >= 11 is 0. The number of pyridine rings is 2. The average molecular weight is 587 g/mol. The number of aromatic nitrogens is 4. The Labute approximate surface area is 265 Å². The van der Waals surface area contributed by atoms with Crippen molar-refractivity contribution in [2.45, 2.75) is 0 Å². The minimum absolute atomic E-state index is 0.826. The van der Waals surface area contributed by atoms with Crippen molar-refractivity contribution in [3.63, 3.8) is 0 Å². The largest absolute Gasteiger partial charge is 0.245 e. The molecule has 4 heteroatoms. The van der Waals surface area contributed by atoms with Gasteiger partial charge in [-0.05, 0) is 41.1 Å². The van der Waals surface area contributed by atoms with Crippen LogP contribution in [0.4, 0.5) is 0 Å². The highest BCUT2D eigenvalue weighted by molar-refractivity contribution is 6.04. The van der Waals surface area contributed by atoms with E-state index < -0.39 is 0 Å². The summed E-state index contributed by atoms with van der Waals surface area (Å²) in [6.45, 7) is 0. The number of hydrogen-bond acceptors (Lipinski definition) is 4. The molecule has 0 amide bonds. The van der Waals surface area contributed by atoms with Crippen LogP contribution < -0.4 is 0 Å². The minimum Gasteiger partial charge on any atom is -0.245 e. The molecule has 0 bridgehead atoms. The Kier molecular flexibility index (Phi) is 6.10. The molecule has 0 fully saturated rings. The van der Waals surface area contributed by atoms with Gasteiger partial charge in [0.15, 0.2) is 0 Å². The third kappa shape index (κ3) is 4.56. The van der Waals surface area contributed by atoms with Gasteiger partial charge in [0.2, 0.25) is 0 Å². The van der Waals surface area contributed by atoms with E-state index in [9.17, 15) is 0 Å². The van der Waals surface area contributed by atoms with Crippen molar-refractivity contribution in [1.82, 2.24) is 19.9 Å². The van der Waals surface area contributed by atoms with Gasteiger partial charge in [-0.3, -0.25) is 0 Å². The van der Waals surface area contributed by atoms with Gasteiger partial charge in [-0.25, -0.2) is 19.9 Å². The van der Waals surface area contributed by atoms with Crippen molar-refractivity contribution in [3.8, 4) is 45.0 Å². The SMILES string of the molecule is c1ccc(-c2nc3ccc(-c4ccc5ccc6ccc(-c7ccc8ccccc8c7)nc6c5n4)cc3nc2-c2ccccc2)cc1. The van der Waals surface area contributed by atoms with Gasteiger partial charge >= 0.3 is 0 Å². The predicted octanol–water partition coefficient (Wildman–Crippen LogP) is 10.5. The molecule has 0 spiro atoms. The lowest BCUT2D eigenvalue weighted by atomic mass is 10.0. The van der Waals surface area contributed by atoms with Crippen molar-refractivity contribution in [2.24, 2.45) is 0 Å². The Morgan fingerprint density at radius 1 is 0.283 bits per heavy atom. The van der Waals surface area contributed by atoms with Crippen LogP contribution in [-0.4, -0.2) is 19.9 Å². The van der Waals surface area contributed by atoms with E-state index in [4.69, 9.17) is 19.9 Å². The fourth-order valence-electron chi connectivity index (χ4n) is 6.25. The second kappa shape index (κ2) is 10.7. The maximum absolute atomic E-state index is 5.20. The lowest BCUT2D eigenvalue weighted by Crippen LogP contribution is -1.96. The molecule has 46 heavy (non-hydrogen) atoms. The van der Waals surface area contributed by atoms with Crippen LogP contribution in [0.15, 0.2) is 158 Å². The third-order valence-corrected chi connectivity index (χ3v) is 8.62. The molecule has 0 unspecified atom stereocenters. The lowest BCUT2D eigenvalue weighted by Gasteiger charge is -2.12.